The van der Waals surface area contributed by atoms with E-state index in [0.29, 0.717) is 12.3 Å². The lowest BCUT2D eigenvalue weighted by Crippen LogP contribution is -2.38. The first-order valence-corrected chi connectivity index (χ1v) is 15.2. The van der Waals surface area contributed by atoms with Crippen molar-refractivity contribution >= 4 is 12.0 Å². The third-order valence-electron chi connectivity index (χ3n) is 8.28. The second-order valence-electron chi connectivity index (χ2n) is 11.4. The van der Waals surface area contributed by atoms with Gasteiger partial charge in [-0.25, -0.2) is 8.78 Å². The number of amides is 1. The van der Waals surface area contributed by atoms with Crippen LogP contribution in [0.2, 0.25) is 0 Å². The molecule has 0 saturated carbocycles. The van der Waals surface area contributed by atoms with Gasteiger partial charge in [-0.1, -0.05) is 48.6 Å². The molecule has 0 unspecified atom stereocenters. The van der Waals surface area contributed by atoms with Gasteiger partial charge >= 0.3 is 0 Å². The van der Waals surface area contributed by atoms with Gasteiger partial charge in [0.25, 0.3) is 0 Å². The second kappa shape index (κ2) is 15.1. The normalized spacial score (nSPS) is 16.5. The van der Waals surface area contributed by atoms with Gasteiger partial charge in [0.05, 0.1) is 12.6 Å². The fourth-order valence-electron chi connectivity index (χ4n) is 5.62. The molecule has 5 nitrogen and oxygen atoms in total. The van der Waals surface area contributed by atoms with E-state index in [2.05, 4.69) is 39.4 Å². The highest BCUT2D eigenvalue weighted by Gasteiger charge is 2.23. The van der Waals surface area contributed by atoms with Gasteiger partial charge in [0.15, 0.2) is 0 Å². The molecule has 1 N–H and O–H groups in total. The Morgan fingerprint density at radius 2 is 1.48 bits per heavy atom. The van der Waals surface area contributed by atoms with Crippen molar-refractivity contribution in [2.75, 3.05) is 45.9 Å². The quantitative estimate of drug-likeness (QED) is 0.239. The third kappa shape index (κ3) is 8.97. The largest absolute Gasteiger partial charge is 0.494 e. The van der Waals surface area contributed by atoms with Crippen molar-refractivity contribution in [2.45, 2.75) is 38.1 Å². The van der Waals surface area contributed by atoms with Crippen molar-refractivity contribution in [3.8, 4) is 5.75 Å². The predicted octanol–water partition coefficient (Wildman–Crippen LogP) is 6.46. The number of halogens is 2. The fraction of sp³-hybridized carbons (Fsp3) is 0.400. The Morgan fingerprint density at radius 3 is 2.05 bits per heavy atom. The Bertz CT molecular complexity index is 1240. The molecule has 2 saturated heterocycles. The number of ether oxygens (including phenoxy) is 1. The molecule has 2 aliphatic heterocycles. The van der Waals surface area contributed by atoms with Crippen LogP contribution >= 0.6 is 0 Å². The van der Waals surface area contributed by atoms with E-state index in [4.69, 9.17) is 4.74 Å². The summed E-state index contributed by atoms with van der Waals surface area (Å²) in [5.74, 6) is 0.510. The first-order valence-electron chi connectivity index (χ1n) is 15.2. The van der Waals surface area contributed by atoms with Crippen molar-refractivity contribution in [3.05, 3.63) is 107 Å². The highest BCUT2D eigenvalue weighted by molar-refractivity contribution is 5.77. The molecule has 222 valence electrons. The number of hydrogen-bond donors (Lipinski definition) is 1. The number of nitrogens with one attached hydrogen (secondary N) is 1. The van der Waals surface area contributed by atoms with Crippen LogP contribution in [0.5, 0.6) is 5.75 Å². The summed E-state index contributed by atoms with van der Waals surface area (Å²) in [5, 5.41) is 3.11. The summed E-state index contributed by atoms with van der Waals surface area (Å²) in [6.07, 6.45) is 9.11. The summed E-state index contributed by atoms with van der Waals surface area (Å²) in [4.78, 5) is 17.9. The molecular weight excluding hydrogens is 532 g/mol. The molecule has 0 atom stereocenters. The first kappa shape index (κ1) is 29.9. The van der Waals surface area contributed by atoms with Crippen molar-refractivity contribution in [2.24, 2.45) is 5.92 Å². The number of carbonyl (C=O) groups excluding carboxylic acids is 1. The lowest BCUT2D eigenvalue weighted by molar-refractivity contribution is -0.122. The molecule has 2 heterocycles. The molecule has 5 rings (SSSR count). The third-order valence-corrected chi connectivity index (χ3v) is 8.28. The molecule has 0 radical (unpaired) electrons. The molecular formula is C35H41F2N3O2. The summed E-state index contributed by atoms with van der Waals surface area (Å²) >= 11 is 0. The summed E-state index contributed by atoms with van der Waals surface area (Å²) < 4.78 is 32.9. The maximum absolute atomic E-state index is 13.5. The number of nitrogens with zero attached hydrogens (tertiary/aromatic N) is 2. The molecule has 2 aliphatic rings. The molecule has 0 aromatic heterocycles. The van der Waals surface area contributed by atoms with Crippen LogP contribution in [-0.4, -0.2) is 61.6 Å². The van der Waals surface area contributed by atoms with E-state index in [1.807, 2.05) is 12.1 Å². The Balaban J connectivity index is 1.03. The minimum absolute atomic E-state index is 0.0458. The van der Waals surface area contributed by atoms with Crippen LogP contribution in [0.25, 0.3) is 6.08 Å². The second-order valence-corrected chi connectivity index (χ2v) is 11.4. The van der Waals surface area contributed by atoms with Crippen molar-refractivity contribution < 1.29 is 18.3 Å². The number of carbonyl (C=O) groups is 1. The lowest BCUT2D eigenvalue weighted by atomic mass is 9.92. The molecule has 0 spiro atoms. The average Bonchev–Trinajstić information content (AvgIpc) is 2.98. The van der Waals surface area contributed by atoms with Gasteiger partial charge in [0, 0.05) is 19.5 Å². The van der Waals surface area contributed by atoms with E-state index in [1.54, 1.807) is 24.3 Å². The number of likely N-dealkylation sites (tertiary alicyclic amines) is 2. The van der Waals surface area contributed by atoms with Crippen LogP contribution in [0.1, 0.15) is 54.8 Å². The van der Waals surface area contributed by atoms with Crippen molar-refractivity contribution in [1.29, 1.82) is 0 Å². The van der Waals surface area contributed by atoms with E-state index in [9.17, 15) is 13.6 Å². The van der Waals surface area contributed by atoms with E-state index < -0.39 is 6.04 Å². The summed E-state index contributed by atoms with van der Waals surface area (Å²) in [5.41, 5.74) is 2.68. The maximum atomic E-state index is 13.5. The van der Waals surface area contributed by atoms with E-state index in [1.165, 1.54) is 43.8 Å². The van der Waals surface area contributed by atoms with Gasteiger partial charge in [-0.15, -0.1) is 0 Å². The highest BCUT2D eigenvalue weighted by atomic mass is 19.1. The summed E-state index contributed by atoms with van der Waals surface area (Å²) in [6, 6.07) is 20.0. The minimum atomic E-state index is -0.459. The molecule has 3 aromatic carbocycles. The zero-order valence-electron chi connectivity index (χ0n) is 24.2. The average molecular weight is 574 g/mol. The Kier molecular flexibility index (Phi) is 10.7. The maximum Gasteiger partial charge on any atom is 0.221 e. The highest BCUT2D eigenvalue weighted by Crippen LogP contribution is 2.25. The Morgan fingerprint density at radius 1 is 0.857 bits per heavy atom. The van der Waals surface area contributed by atoms with Gasteiger partial charge < -0.3 is 15.0 Å². The number of piperidine rings is 1. The number of benzene rings is 3. The topological polar surface area (TPSA) is 44.8 Å². The Labute approximate surface area is 248 Å². The van der Waals surface area contributed by atoms with Crippen LogP contribution in [0, 0.1) is 17.6 Å². The first-order chi connectivity index (χ1) is 20.5. The van der Waals surface area contributed by atoms with Gasteiger partial charge in [-0.2, -0.15) is 0 Å². The molecule has 0 aliphatic carbocycles. The molecule has 42 heavy (non-hydrogen) atoms. The summed E-state index contributed by atoms with van der Waals surface area (Å²) in [6.45, 7) is 7.13. The molecule has 7 heteroatoms. The van der Waals surface area contributed by atoms with Gasteiger partial charge in [0.2, 0.25) is 5.91 Å². The van der Waals surface area contributed by atoms with E-state index >= 15 is 0 Å². The fourth-order valence-corrected chi connectivity index (χ4v) is 5.62. The van der Waals surface area contributed by atoms with E-state index in [0.717, 1.165) is 74.5 Å². The smallest absolute Gasteiger partial charge is 0.221 e. The Hall–Kier alpha value is -3.55. The monoisotopic (exact) mass is 573 g/mol. The molecule has 3 aromatic rings. The predicted molar refractivity (Wildman–Crippen MR) is 163 cm³/mol. The minimum Gasteiger partial charge on any atom is -0.494 e. The molecule has 1 amide bonds. The van der Waals surface area contributed by atoms with Crippen molar-refractivity contribution in [3.63, 3.8) is 0 Å². The molecule has 0 bridgehead atoms. The van der Waals surface area contributed by atoms with Crippen LogP contribution in [0.4, 0.5) is 8.78 Å². The zero-order chi connectivity index (χ0) is 29.1. The van der Waals surface area contributed by atoms with Gasteiger partial charge in [-0.3, -0.25) is 9.69 Å². The van der Waals surface area contributed by atoms with Gasteiger partial charge in [0.1, 0.15) is 17.4 Å². The lowest BCUT2D eigenvalue weighted by Gasteiger charge is -2.31. The van der Waals surface area contributed by atoms with E-state index in [-0.39, 0.29) is 17.5 Å². The zero-order valence-corrected chi connectivity index (χ0v) is 24.2. The van der Waals surface area contributed by atoms with Crippen LogP contribution < -0.4 is 10.1 Å². The standard InChI is InChI=1S/C35H41F2N3O2/c36-31-11-7-29(8-12-31)35(30-9-13-32(37)14-10-30)38-34(41)26-28-17-23-40(24-18-28)19-1-4-27-5-15-33(16-6-27)42-25-3-22-39-20-2-21-39/h1,4-16,28,35H,2-3,17-26H2,(H,38,41)/b4-1+. The van der Waals surface area contributed by atoms with Crippen LogP contribution in [0.15, 0.2) is 78.9 Å². The summed E-state index contributed by atoms with van der Waals surface area (Å²) in [7, 11) is 0. The SMILES string of the molecule is O=C(CC1CCN(C/C=C/c2ccc(OCCCN3CCC3)cc2)CC1)NC(c1ccc(F)cc1)c1ccc(F)cc1. The number of rotatable bonds is 13. The molecule has 2 fully saturated rings. The number of hydrogen-bond acceptors (Lipinski definition) is 4. The van der Waals surface area contributed by atoms with Crippen LogP contribution in [0.3, 0.4) is 0 Å². The van der Waals surface area contributed by atoms with Gasteiger partial charge in [-0.05, 0) is 111 Å². The van der Waals surface area contributed by atoms with Crippen LogP contribution in [-0.2, 0) is 4.79 Å². The van der Waals surface area contributed by atoms with Crippen molar-refractivity contribution in [1.82, 2.24) is 15.1 Å².